The Morgan fingerprint density at radius 2 is 2.26 bits per heavy atom. The zero-order valence-electron chi connectivity index (χ0n) is 11.7. The summed E-state index contributed by atoms with van der Waals surface area (Å²) in [6.07, 6.45) is 2.28. The van der Waals surface area contributed by atoms with Gasteiger partial charge in [-0.2, -0.15) is 0 Å². The quantitative estimate of drug-likeness (QED) is 0.225. The molecule has 0 radical (unpaired) electrons. The molecule has 0 aliphatic carbocycles. The van der Waals surface area contributed by atoms with Crippen LogP contribution < -0.4 is 5.32 Å². The fourth-order valence-electron chi connectivity index (χ4n) is 2.22. The van der Waals surface area contributed by atoms with E-state index in [4.69, 9.17) is 5.53 Å². The molecule has 3 aromatic rings. The molecule has 0 saturated heterocycles. The number of benzene rings is 1. The molecule has 1 aromatic carbocycles. The lowest BCUT2D eigenvalue weighted by Crippen LogP contribution is -2.01. The van der Waals surface area contributed by atoms with E-state index in [-0.39, 0.29) is 6.54 Å². The summed E-state index contributed by atoms with van der Waals surface area (Å²) in [5, 5.41) is 11.3. The largest absolute Gasteiger partial charge is 0.311 e. The monoisotopic (exact) mass is 419 g/mol. The number of hydrogen-bond acceptors (Lipinski definition) is 4. The van der Waals surface area contributed by atoms with Crippen LogP contribution >= 0.6 is 22.6 Å². The van der Waals surface area contributed by atoms with Crippen molar-refractivity contribution in [2.75, 3.05) is 5.32 Å². The summed E-state index contributed by atoms with van der Waals surface area (Å²) in [7, 11) is 0. The second kappa shape index (κ2) is 6.63. The Morgan fingerprint density at radius 1 is 1.39 bits per heavy atom. The number of aromatic nitrogens is 3. The standard InChI is InChI=1S/C14H10IN7O/c15-10-3-4-17-13(6-10)22-12-2-1-9(7-19-21-16)5-11(12)14(20-22)18-8-23/h1-6,8H,7H2,(H,18,20,23). The van der Waals surface area contributed by atoms with Gasteiger partial charge in [0, 0.05) is 20.1 Å². The van der Waals surface area contributed by atoms with Crippen LogP contribution in [0.5, 0.6) is 0 Å². The average Bonchev–Trinajstić information content (AvgIpc) is 2.91. The highest BCUT2D eigenvalue weighted by Crippen LogP contribution is 2.26. The molecule has 8 nitrogen and oxygen atoms in total. The van der Waals surface area contributed by atoms with Gasteiger partial charge >= 0.3 is 0 Å². The van der Waals surface area contributed by atoms with Crippen molar-refractivity contribution in [3.63, 3.8) is 0 Å². The van der Waals surface area contributed by atoms with E-state index in [1.54, 1.807) is 10.9 Å². The molecule has 0 aliphatic heterocycles. The van der Waals surface area contributed by atoms with Crippen molar-refractivity contribution < 1.29 is 4.79 Å². The van der Waals surface area contributed by atoms with Gasteiger partial charge in [0.05, 0.1) is 12.1 Å². The zero-order valence-corrected chi connectivity index (χ0v) is 13.9. The normalized spacial score (nSPS) is 10.3. The number of anilines is 1. The van der Waals surface area contributed by atoms with Gasteiger partial charge in [0.25, 0.3) is 0 Å². The van der Waals surface area contributed by atoms with Crippen LogP contribution in [0.4, 0.5) is 5.82 Å². The Kier molecular flexibility index (Phi) is 4.40. The summed E-state index contributed by atoms with van der Waals surface area (Å²) >= 11 is 2.20. The average molecular weight is 419 g/mol. The Morgan fingerprint density at radius 3 is 3.00 bits per heavy atom. The van der Waals surface area contributed by atoms with Gasteiger partial charge < -0.3 is 5.32 Å². The fourth-order valence-corrected chi connectivity index (χ4v) is 2.66. The molecule has 0 saturated carbocycles. The Hall–Kier alpha value is -2.65. The molecule has 0 spiro atoms. The predicted octanol–water partition coefficient (Wildman–Crippen LogP) is 3.40. The minimum absolute atomic E-state index is 0.236. The van der Waals surface area contributed by atoms with Gasteiger partial charge in [-0.05, 0) is 58.0 Å². The van der Waals surface area contributed by atoms with Gasteiger partial charge in [-0.1, -0.05) is 11.2 Å². The van der Waals surface area contributed by atoms with Crippen LogP contribution in [0.1, 0.15) is 5.56 Å². The minimum atomic E-state index is 0.236. The Bertz CT molecular complexity index is 930. The molecule has 114 valence electrons. The minimum Gasteiger partial charge on any atom is -0.311 e. The summed E-state index contributed by atoms with van der Waals surface area (Å²) in [6, 6.07) is 9.34. The molecule has 23 heavy (non-hydrogen) atoms. The SMILES string of the molecule is [N-]=[N+]=NCc1ccc2c(c1)c(NC=O)nn2-c1cc(I)ccn1. The van der Waals surface area contributed by atoms with Crippen molar-refractivity contribution in [3.05, 3.63) is 56.1 Å². The van der Waals surface area contributed by atoms with Crippen LogP contribution in [-0.4, -0.2) is 21.2 Å². The smallest absolute Gasteiger partial charge is 0.212 e. The fraction of sp³-hybridized carbons (Fsp3) is 0.0714. The van der Waals surface area contributed by atoms with Crippen LogP contribution in [0.15, 0.2) is 41.6 Å². The molecule has 9 heteroatoms. The number of azide groups is 1. The van der Waals surface area contributed by atoms with Crippen LogP contribution in [0.2, 0.25) is 0 Å². The second-order valence-corrected chi connectivity index (χ2v) is 5.84. The molecule has 0 unspecified atom stereocenters. The third-order valence-electron chi connectivity index (χ3n) is 3.18. The topological polar surface area (TPSA) is 109 Å². The van der Waals surface area contributed by atoms with Gasteiger partial charge in [0.2, 0.25) is 6.41 Å². The van der Waals surface area contributed by atoms with Crippen LogP contribution in [0, 0.1) is 3.57 Å². The highest BCUT2D eigenvalue weighted by molar-refractivity contribution is 14.1. The van der Waals surface area contributed by atoms with Gasteiger partial charge in [0.15, 0.2) is 11.6 Å². The molecule has 0 bridgehead atoms. The molecule has 0 fully saturated rings. The molecule has 1 N–H and O–H groups in total. The van der Waals surface area contributed by atoms with E-state index in [9.17, 15) is 4.79 Å². The molecule has 3 rings (SSSR count). The lowest BCUT2D eigenvalue weighted by Gasteiger charge is -2.03. The van der Waals surface area contributed by atoms with Gasteiger partial charge in [0.1, 0.15) is 0 Å². The summed E-state index contributed by atoms with van der Waals surface area (Å²) in [5.74, 6) is 1.09. The maximum atomic E-state index is 10.8. The first-order chi connectivity index (χ1) is 11.2. The third-order valence-corrected chi connectivity index (χ3v) is 3.85. The molecule has 1 amide bonds. The number of carbonyl (C=O) groups excluding carboxylic acids is 1. The van der Waals surface area contributed by atoms with Crippen LogP contribution in [-0.2, 0) is 11.3 Å². The number of halogens is 1. The van der Waals surface area contributed by atoms with Gasteiger partial charge in [-0.25, -0.2) is 9.67 Å². The van der Waals surface area contributed by atoms with E-state index in [0.29, 0.717) is 18.0 Å². The van der Waals surface area contributed by atoms with E-state index >= 15 is 0 Å². The number of nitrogens with zero attached hydrogens (tertiary/aromatic N) is 6. The van der Waals surface area contributed by atoms with Crippen LogP contribution in [0.3, 0.4) is 0 Å². The third kappa shape index (κ3) is 3.10. The number of pyridine rings is 1. The van der Waals surface area contributed by atoms with E-state index in [1.165, 1.54) is 0 Å². The summed E-state index contributed by atoms with van der Waals surface area (Å²) in [4.78, 5) is 17.9. The number of hydrogen-bond donors (Lipinski definition) is 1. The first kappa shape index (κ1) is 15.3. The maximum Gasteiger partial charge on any atom is 0.212 e. The molecule has 0 aliphatic rings. The molecular weight excluding hydrogens is 409 g/mol. The number of nitrogens with one attached hydrogen (secondary N) is 1. The number of fused-ring (bicyclic) bond motifs is 1. The van der Waals surface area contributed by atoms with Crippen molar-refractivity contribution in [1.82, 2.24) is 14.8 Å². The Labute approximate surface area is 144 Å². The first-order valence-corrected chi connectivity index (χ1v) is 7.65. The number of amides is 1. The van der Waals surface area contributed by atoms with Crippen molar-refractivity contribution in [2.24, 2.45) is 5.11 Å². The summed E-state index contributed by atoms with van der Waals surface area (Å²) in [6.45, 7) is 0.236. The molecule has 0 atom stereocenters. The van der Waals surface area contributed by atoms with Crippen molar-refractivity contribution in [2.45, 2.75) is 6.54 Å². The van der Waals surface area contributed by atoms with E-state index in [2.05, 4.69) is 48.0 Å². The van der Waals surface area contributed by atoms with Crippen molar-refractivity contribution >= 4 is 45.7 Å². The number of carbonyl (C=O) groups is 1. The highest BCUT2D eigenvalue weighted by atomic mass is 127. The maximum absolute atomic E-state index is 10.8. The predicted molar refractivity (Wildman–Crippen MR) is 94.1 cm³/mol. The van der Waals surface area contributed by atoms with E-state index in [1.807, 2.05) is 30.3 Å². The zero-order chi connectivity index (χ0) is 16.2. The van der Waals surface area contributed by atoms with Gasteiger partial charge in [-0.3, -0.25) is 4.79 Å². The van der Waals surface area contributed by atoms with E-state index < -0.39 is 0 Å². The molecule has 2 heterocycles. The lowest BCUT2D eigenvalue weighted by atomic mass is 10.1. The second-order valence-electron chi connectivity index (χ2n) is 4.60. The molecular formula is C14H10IN7O. The summed E-state index contributed by atoms with van der Waals surface area (Å²) in [5.41, 5.74) is 10.1. The van der Waals surface area contributed by atoms with Gasteiger partial charge in [-0.15, -0.1) is 5.10 Å². The lowest BCUT2D eigenvalue weighted by molar-refractivity contribution is -0.105. The highest BCUT2D eigenvalue weighted by Gasteiger charge is 2.13. The van der Waals surface area contributed by atoms with Crippen LogP contribution in [0.25, 0.3) is 27.2 Å². The molecule has 2 aromatic heterocycles. The van der Waals surface area contributed by atoms with Crippen molar-refractivity contribution in [3.8, 4) is 5.82 Å². The Balaban J connectivity index is 2.19. The first-order valence-electron chi connectivity index (χ1n) is 6.57. The summed E-state index contributed by atoms with van der Waals surface area (Å²) < 4.78 is 2.70. The number of rotatable bonds is 5. The van der Waals surface area contributed by atoms with E-state index in [0.717, 1.165) is 20.0 Å². The van der Waals surface area contributed by atoms with Crippen molar-refractivity contribution in [1.29, 1.82) is 0 Å².